The highest BCUT2D eigenvalue weighted by atomic mass is 35.5. The molecule has 0 saturated carbocycles. The largest absolute Gasteiger partial charge is 0.0843 e. The van der Waals surface area contributed by atoms with Crippen LogP contribution in [0.1, 0.15) is 11.1 Å². The van der Waals surface area contributed by atoms with Crippen LogP contribution in [0.3, 0.4) is 0 Å². The molecular formula is C38H28Cl4P2. The molecule has 0 spiro atoms. The average Bonchev–Trinajstić information content (AvgIpc) is 3.04. The summed E-state index contributed by atoms with van der Waals surface area (Å²) in [6, 6.07) is 50.4. The lowest BCUT2D eigenvalue weighted by Crippen LogP contribution is -2.14. The summed E-state index contributed by atoms with van der Waals surface area (Å²) in [6.45, 7) is 0. The van der Waals surface area contributed by atoms with Gasteiger partial charge >= 0.3 is 0 Å². The van der Waals surface area contributed by atoms with Crippen molar-refractivity contribution < 1.29 is 0 Å². The van der Waals surface area contributed by atoms with Crippen LogP contribution in [-0.2, 0) is 12.3 Å². The van der Waals surface area contributed by atoms with E-state index in [1.165, 1.54) is 21.2 Å². The summed E-state index contributed by atoms with van der Waals surface area (Å²) < 4.78 is 0. The molecule has 0 atom stereocenters. The van der Waals surface area contributed by atoms with Gasteiger partial charge in [0.2, 0.25) is 0 Å². The predicted molar refractivity (Wildman–Crippen MR) is 197 cm³/mol. The van der Waals surface area contributed by atoms with Gasteiger partial charge in [0.1, 0.15) is 0 Å². The van der Waals surface area contributed by atoms with E-state index in [9.17, 15) is 0 Å². The Hall–Kier alpha value is -2.66. The fourth-order valence-corrected chi connectivity index (χ4v) is 11.4. The molecule has 0 bridgehead atoms. The van der Waals surface area contributed by atoms with Gasteiger partial charge in [0, 0.05) is 33.5 Å². The van der Waals surface area contributed by atoms with Gasteiger partial charge < -0.3 is 0 Å². The Balaban J connectivity index is 1.51. The molecule has 0 nitrogen and oxygen atoms in total. The third-order valence-corrected chi connectivity index (χ3v) is 13.5. The summed E-state index contributed by atoms with van der Waals surface area (Å²) in [4.78, 5) is 0. The second-order valence-electron chi connectivity index (χ2n) is 10.4. The molecule has 0 heterocycles. The van der Waals surface area contributed by atoms with E-state index >= 15 is 0 Å². The van der Waals surface area contributed by atoms with Crippen molar-refractivity contribution in [3.63, 3.8) is 0 Å². The lowest BCUT2D eigenvalue weighted by molar-refractivity contribution is 1.35. The molecule has 44 heavy (non-hydrogen) atoms. The Morgan fingerprint density at radius 3 is 0.909 bits per heavy atom. The fourth-order valence-electron chi connectivity index (χ4n) is 5.50. The summed E-state index contributed by atoms with van der Waals surface area (Å²) in [7, 11) is -1.51. The molecule has 0 unspecified atom stereocenters. The topological polar surface area (TPSA) is 0 Å². The summed E-state index contributed by atoms with van der Waals surface area (Å²) >= 11 is 27.7. The molecule has 0 N–H and O–H groups in total. The van der Waals surface area contributed by atoms with Crippen molar-refractivity contribution in [2.24, 2.45) is 0 Å². The van der Waals surface area contributed by atoms with Crippen LogP contribution in [-0.4, -0.2) is 0 Å². The highest BCUT2D eigenvalue weighted by molar-refractivity contribution is 7.72. The third-order valence-electron chi connectivity index (χ3n) is 7.45. The van der Waals surface area contributed by atoms with E-state index < -0.39 is 15.8 Å². The molecule has 0 fully saturated rings. The molecule has 0 amide bonds. The first-order valence-electron chi connectivity index (χ1n) is 14.2. The van der Waals surface area contributed by atoms with Crippen LogP contribution in [0, 0.1) is 0 Å². The van der Waals surface area contributed by atoms with Crippen molar-refractivity contribution in [2.45, 2.75) is 12.3 Å². The van der Waals surface area contributed by atoms with E-state index in [1.807, 2.05) is 12.1 Å². The zero-order valence-corrected chi connectivity index (χ0v) is 28.5. The molecule has 0 aromatic heterocycles. The van der Waals surface area contributed by atoms with Crippen molar-refractivity contribution >= 4 is 83.5 Å². The first-order chi connectivity index (χ1) is 21.5. The van der Waals surface area contributed by atoms with Crippen LogP contribution in [0.15, 0.2) is 146 Å². The van der Waals surface area contributed by atoms with E-state index in [4.69, 9.17) is 46.4 Å². The minimum Gasteiger partial charge on any atom is -0.0843 e. The van der Waals surface area contributed by atoms with Crippen LogP contribution in [0.2, 0.25) is 20.1 Å². The maximum absolute atomic E-state index is 7.14. The minimum atomic E-state index is -0.755. The van der Waals surface area contributed by atoms with E-state index in [-0.39, 0.29) is 0 Å². The third kappa shape index (κ3) is 7.25. The van der Waals surface area contributed by atoms with Gasteiger partial charge in [0.15, 0.2) is 0 Å². The maximum atomic E-state index is 7.14. The maximum Gasteiger partial charge on any atom is 0.0502 e. The standard InChI is InChI=1S/C38H28Cl4P2/c39-29-21-27(25-43(31-13-5-1-6-14-31)32-15-7-2-8-16-32)37(35(41)23-29)38-28(22-30(40)24-36(38)42)26-44(33-17-9-3-10-18-33)34-19-11-4-12-20-34/h1-24H,25-26H2. The molecule has 0 aliphatic carbocycles. The van der Waals surface area contributed by atoms with Gasteiger partial charge in [-0.2, -0.15) is 0 Å². The van der Waals surface area contributed by atoms with Gasteiger partial charge in [-0.05, 0) is 72.5 Å². The molecule has 0 saturated heterocycles. The van der Waals surface area contributed by atoms with Crippen molar-refractivity contribution in [1.29, 1.82) is 0 Å². The van der Waals surface area contributed by atoms with Crippen LogP contribution < -0.4 is 21.2 Å². The van der Waals surface area contributed by atoms with E-state index in [2.05, 4.69) is 133 Å². The second kappa shape index (κ2) is 14.6. The Kier molecular flexibility index (Phi) is 10.4. The van der Waals surface area contributed by atoms with Crippen LogP contribution in [0.4, 0.5) is 0 Å². The highest BCUT2D eigenvalue weighted by Crippen LogP contribution is 2.49. The van der Waals surface area contributed by atoms with Crippen LogP contribution >= 0.6 is 62.2 Å². The molecule has 6 heteroatoms. The molecule has 0 aliphatic heterocycles. The lowest BCUT2D eigenvalue weighted by atomic mass is 9.96. The predicted octanol–water partition coefficient (Wildman–Crippen LogP) is 11.2. The molecule has 6 aromatic carbocycles. The first kappa shape index (κ1) is 31.3. The summed E-state index contributed by atoms with van der Waals surface area (Å²) in [5, 5.41) is 7.52. The second-order valence-corrected chi connectivity index (χ2v) is 16.5. The summed E-state index contributed by atoms with van der Waals surface area (Å²) in [5.41, 5.74) is 3.97. The Morgan fingerprint density at radius 1 is 0.364 bits per heavy atom. The Bertz CT molecular complexity index is 1630. The summed E-state index contributed by atoms with van der Waals surface area (Å²) in [6.07, 6.45) is 1.51. The van der Waals surface area contributed by atoms with Crippen molar-refractivity contribution in [2.75, 3.05) is 0 Å². The first-order valence-corrected chi connectivity index (χ1v) is 18.8. The zero-order chi connectivity index (χ0) is 30.5. The lowest BCUT2D eigenvalue weighted by Gasteiger charge is -2.25. The average molecular weight is 688 g/mol. The number of hydrogen-bond donors (Lipinski definition) is 0. The van der Waals surface area contributed by atoms with E-state index in [1.54, 1.807) is 0 Å². The fraction of sp³-hybridized carbons (Fsp3) is 0.0526. The number of benzene rings is 6. The van der Waals surface area contributed by atoms with Gasteiger partial charge in [-0.25, -0.2) is 0 Å². The number of rotatable bonds is 9. The normalized spacial score (nSPS) is 11.3. The minimum absolute atomic E-state index is 0.581. The molecule has 0 aliphatic rings. The van der Waals surface area contributed by atoms with E-state index in [0.29, 0.717) is 20.1 Å². The van der Waals surface area contributed by atoms with Crippen molar-refractivity contribution in [3.8, 4) is 11.1 Å². The number of hydrogen-bond acceptors (Lipinski definition) is 0. The highest BCUT2D eigenvalue weighted by Gasteiger charge is 2.25. The van der Waals surface area contributed by atoms with Gasteiger partial charge in [-0.1, -0.05) is 168 Å². The van der Waals surface area contributed by atoms with Crippen molar-refractivity contribution in [1.82, 2.24) is 0 Å². The van der Waals surface area contributed by atoms with Crippen LogP contribution in [0.5, 0.6) is 0 Å². The van der Waals surface area contributed by atoms with Gasteiger partial charge in [-0.15, -0.1) is 0 Å². The smallest absolute Gasteiger partial charge is 0.0502 e. The van der Waals surface area contributed by atoms with E-state index in [0.717, 1.165) is 34.6 Å². The van der Waals surface area contributed by atoms with Gasteiger partial charge in [-0.3, -0.25) is 0 Å². The Morgan fingerprint density at radius 2 is 0.636 bits per heavy atom. The molecule has 6 aromatic rings. The zero-order valence-electron chi connectivity index (χ0n) is 23.7. The molecule has 0 radical (unpaired) electrons. The molecule has 6 rings (SSSR count). The quantitative estimate of drug-likeness (QED) is 0.133. The van der Waals surface area contributed by atoms with Crippen molar-refractivity contribution in [3.05, 3.63) is 177 Å². The van der Waals surface area contributed by atoms with Crippen LogP contribution in [0.25, 0.3) is 11.1 Å². The monoisotopic (exact) mass is 686 g/mol. The van der Waals surface area contributed by atoms with Gasteiger partial charge in [0.25, 0.3) is 0 Å². The Labute approximate surface area is 282 Å². The van der Waals surface area contributed by atoms with Gasteiger partial charge in [0.05, 0.1) is 10.0 Å². The molecular weight excluding hydrogens is 660 g/mol. The molecule has 218 valence electrons. The summed E-state index contributed by atoms with van der Waals surface area (Å²) in [5.74, 6) is 0. The number of halogens is 4. The SMILES string of the molecule is Clc1cc(Cl)c(-c2c(Cl)cc(Cl)cc2CP(c2ccccc2)c2ccccc2)c(CP(c2ccccc2)c2ccccc2)c1.